The summed E-state index contributed by atoms with van der Waals surface area (Å²) < 4.78 is 0. The average molecular weight is 571 g/mol. The number of nitrogens with zero attached hydrogens (tertiary/aromatic N) is 2. The van der Waals surface area contributed by atoms with Gasteiger partial charge < -0.3 is 16.0 Å². The fourth-order valence-electron chi connectivity index (χ4n) is 5.82. The van der Waals surface area contributed by atoms with Gasteiger partial charge in [0.05, 0.1) is 11.6 Å². The molecule has 1 aliphatic rings. The van der Waals surface area contributed by atoms with Crippen molar-refractivity contribution in [2.24, 2.45) is 5.73 Å². The molecule has 4 nitrogen and oxygen atoms in total. The Kier molecular flexibility index (Phi) is 8.12. The van der Waals surface area contributed by atoms with Gasteiger partial charge in [-0.1, -0.05) is 109 Å². The predicted octanol–water partition coefficient (Wildman–Crippen LogP) is 9.12. The van der Waals surface area contributed by atoms with Gasteiger partial charge in [0.15, 0.2) is 0 Å². The van der Waals surface area contributed by atoms with E-state index in [9.17, 15) is 5.26 Å². The first-order valence-electron chi connectivity index (χ1n) is 14.7. The predicted molar refractivity (Wildman–Crippen MR) is 185 cm³/mol. The van der Waals surface area contributed by atoms with Crippen molar-refractivity contribution in [3.05, 3.63) is 162 Å². The SMILES string of the molecule is C/C(=C\C(C#N)=C/N)C1C=CC=C(c2ccc(-c3ccc(-c4ccccc4)cc3N(C)c3ccccc3)c3ccccc23)N1. The summed E-state index contributed by atoms with van der Waals surface area (Å²) in [4.78, 5) is 2.27. The van der Waals surface area contributed by atoms with Crippen LogP contribution in [-0.2, 0) is 0 Å². The molecule has 0 spiro atoms. The van der Waals surface area contributed by atoms with Crippen molar-refractivity contribution in [2.75, 3.05) is 11.9 Å². The minimum absolute atomic E-state index is 0.0478. The van der Waals surface area contributed by atoms with Crippen molar-refractivity contribution in [2.45, 2.75) is 13.0 Å². The maximum absolute atomic E-state index is 9.34. The summed E-state index contributed by atoms with van der Waals surface area (Å²) in [6.45, 7) is 2.01. The number of nitrogens with one attached hydrogen (secondary N) is 1. The zero-order chi connectivity index (χ0) is 30.5. The Morgan fingerprint density at radius 2 is 1.43 bits per heavy atom. The number of nitrogens with two attached hydrogens (primary N) is 1. The fraction of sp³-hybridized carbons (Fsp3) is 0.0750. The molecule has 0 saturated heterocycles. The molecule has 4 heteroatoms. The summed E-state index contributed by atoms with van der Waals surface area (Å²) in [6.07, 6.45) is 9.45. The molecule has 3 N–H and O–H groups in total. The molecule has 0 saturated carbocycles. The smallest absolute Gasteiger partial charge is 0.101 e. The van der Waals surface area contributed by atoms with Crippen LogP contribution < -0.4 is 16.0 Å². The summed E-state index contributed by atoms with van der Waals surface area (Å²) in [6, 6.07) is 42.9. The summed E-state index contributed by atoms with van der Waals surface area (Å²) in [5.74, 6) is 0. The van der Waals surface area contributed by atoms with Crippen LogP contribution in [0.25, 0.3) is 38.7 Å². The molecule has 1 atom stereocenters. The molecular weight excluding hydrogens is 536 g/mol. The monoisotopic (exact) mass is 570 g/mol. The lowest BCUT2D eigenvalue weighted by atomic mass is 9.90. The number of nitriles is 1. The van der Waals surface area contributed by atoms with Gasteiger partial charge >= 0.3 is 0 Å². The number of dihydropyridines is 1. The van der Waals surface area contributed by atoms with E-state index in [1.165, 1.54) is 39.2 Å². The molecule has 1 unspecified atom stereocenters. The first-order chi connectivity index (χ1) is 21.6. The Labute approximate surface area is 259 Å². The van der Waals surface area contributed by atoms with Gasteiger partial charge in [-0.25, -0.2) is 0 Å². The lowest BCUT2D eigenvalue weighted by Crippen LogP contribution is -2.29. The number of allylic oxidation sites excluding steroid dienone is 4. The van der Waals surface area contributed by atoms with Crippen molar-refractivity contribution in [3.63, 3.8) is 0 Å². The minimum atomic E-state index is -0.0478. The van der Waals surface area contributed by atoms with Gasteiger partial charge in [0.2, 0.25) is 0 Å². The van der Waals surface area contributed by atoms with Gasteiger partial charge in [0.25, 0.3) is 0 Å². The quantitative estimate of drug-likeness (QED) is 0.151. The Morgan fingerprint density at radius 3 is 2.14 bits per heavy atom. The molecule has 0 bridgehead atoms. The van der Waals surface area contributed by atoms with Gasteiger partial charge in [-0.15, -0.1) is 0 Å². The molecule has 1 heterocycles. The summed E-state index contributed by atoms with van der Waals surface area (Å²) in [7, 11) is 2.14. The van der Waals surface area contributed by atoms with Crippen molar-refractivity contribution in [1.29, 1.82) is 5.26 Å². The van der Waals surface area contributed by atoms with E-state index in [1.807, 2.05) is 19.1 Å². The number of hydrogen-bond acceptors (Lipinski definition) is 4. The van der Waals surface area contributed by atoms with Gasteiger partial charge in [-0.2, -0.15) is 5.26 Å². The van der Waals surface area contributed by atoms with Crippen LogP contribution in [0, 0.1) is 11.3 Å². The standard InChI is InChI=1S/C40H34N4/c1-28(24-29(26-41)27-42)38-18-11-19-39(43-38)36-23-22-35(33-16-9-10-17-34(33)36)37-21-20-31(30-12-5-3-6-13-30)25-40(37)44(2)32-14-7-4-8-15-32/h3-26,38,43H,41H2,1-2H3/b28-24+,29-26+. The van der Waals surface area contributed by atoms with E-state index in [1.54, 1.807) is 0 Å². The highest BCUT2D eigenvalue weighted by molar-refractivity contribution is 6.05. The summed E-state index contributed by atoms with van der Waals surface area (Å²) >= 11 is 0. The lowest BCUT2D eigenvalue weighted by molar-refractivity contribution is 0.802. The number of para-hydroxylation sites is 1. The van der Waals surface area contributed by atoms with Gasteiger partial charge in [0.1, 0.15) is 6.07 Å². The van der Waals surface area contributed by atoms with E-state index >= 15 is 0 Å². The van der Waals surface area contributed by atoms with E-state index in [0.717, 1.165) is 28.2 Å². The fourth-order valence-corrected chi connectivity index (χ4v) is 5.82. The van der Waals surface area contributed by atoms with Gasteiger partial charge in [-0.05, 0) is 70.3 Å². The molecule has 0 aliphatic carbocycles. The van der Waals surface area contributed by atoms with Gasteiger partial charge in [-0.3, -0.25) is 0 Å². The molecule has 0 amide bonds. The van der Waals surface area contributed by atoms with Crippen LogP contribution in [0.2, 0.25) is 0 Å². The highest BCUT2D eigenvalue weighted by Gasteiger charge is 2.19. The third-order valence-electron chi connectivity index (χ3n) is 8.17. The first-order valence-corrected chi connectivity index (χ1v) is 14.7. The third-order valence-corrected chi connectivity index (χ3v) is 8.17. The molecule has 0 radical (unpaired) electrons. The second-order valence-corrected chi connectivity index (χ2v) is 10.9. The van der Waals surface area contributed by atoms with Crippen LogP contribution in [0.15, 0.2) is 157 Å². The molecule has 5 aromatic rings. The zero-order valence-electron chi connectivity index (χ0n) is 24.9. The summed E-state index contributed by atoms with van der Waals surface area (Å²) in [5.41, 5.74) is 16.2. The Balaban J connectivity index is 1.45. The van der Waals surface area contributed by atoms with Gasteiger partial charge in [0, 0.05) is 41.4 Å². The largest absolute Gasteiger partial charge is 0.404 e. The first kappa shape index (κ1) is 28.3. The molecule has 6 rings (SSSR count). The number of anilines is 2. The van der Waals surface area contributed by atoms with E-state index in [2.05, 4.69) is 151 Å². The van der Waals surface area contributed by atoms with Crippen LogP contribution in [0.4, 0.5) is 11.4 Å². The molecule has 214 valence electrons. The maximum atomic E-state index is 9.34. The summed E-state index contributed by atoms with van der Waals surface area (Å²) in [5, 5.41) is 15.4. The van der Waals surface area contributed by atoms with Crippen LogP contribution >= 0.6 is 0 Å². The highest BCUT2D eigenvalue weighted by atomic mass is 15.1. The maximum Gasteiger partial charge on any atom is 0.101 e. The molecule has 5 aromatic carbocycles. The van der Waals surface area contributed by atoms with Crippen molar-refractivity contribution < 1.29 is 0 Å². The van der Waals surface area contributed by atoms with E-state index in [0.29, 0.717) is 5.57 Å². The molecule has 1 aliphatic heterocycles. The van der Waals surface area contributed by atoms with Crippen LogP contribution in [0.1, 0.15) is 12.5 Å². The Bertz CT molecular complexity index is 1980. The minimum Gasteiger partial charge on any atom is -0.404 e. The van der Waals surface area contributed by atoms with Crippen molar-refractivity contribution in [1.82, 2.24) is 5.32 Å². The topological polar surface area (TPSA) is 65.1 Å². The number of hydrogen-bond donors (Lipinski definition) is 2. The van der Waals surface area contributed by atoms with E-state index in [-0.39, 0.29) is 6.04 Å². The Morgan fingerprint density at radius 1 is 0.795 bits per heavy atom. The molecule has 0 fully saturated rings. The Hall–Kier alpha value is -5.79. The highest BCUT2D eigenvalue weighted by Crippen LogP contribution is 2.41. The zero-order valence-corrected chi connectivity index (χ0v) is 24.9. The van der Waals surface area contributed by atoms with E-state index < -0.39 is 0 Å². The number of rotatable bonds is 7. The van der Waals surface area contributed by atoms with Crippen LogP contribution in [0.5, 0.6) is 0 Å². The second kappa shape index (κ2) is 12.6. The van der Waals surface area contributed by atoms with Crippen LogP contribution in [0.3, 0.4) is 0 Å². The number of benzene rings is 5. The second-order valence-electron chi connectivity index (χ2n) is 10.9. The van der Waals surface area contributed by atoms with Crippen LogP contribution in [-0.4, -0.2) is 13.1 Å². The lowest BCUT2D eigenvalue weighted by Gasteiger charge is -2.26. The normalized spacial score (nSPS) is 14.9. The molecule has 0 aromatic heterocycles. The van der Waals surface area contributed by atoms with E-state index in [4.69, 9.17) is 5.73 Å². The molecule has 44 heavy (non-hydrogen) atoms. The van der Waals surface area contributed by atoms with Crippen molar-refractivity contribution >= 4 is 27.8 Å². The third kappa shape index (κ3) is 5.64. The average Bonchev–Trinajstić information content (AvgIpc) is 3.10. The number of fused-ring (bicyclic) bond motifs is 1. The van der Waals surface area contributed by atoms with Crippen molar-refractivity contribution in [3.8, 4) is 28.3 Å². The molecular formula is C40H34N4.